The lowest BCUT2D eigenvalue weighted by Crippen LogP contribution is -2.27. The molecule has 0 saturated carbocycles. The van der Waals surface area contributed by atoms with Crippen molar-refractivity contribution in [2.24, 2.45) is 11.8 Å². The predicted octanol–water partition coefficient (Wildman–Crippen LogP) is 4.42. The van der Waals surface area contributed by atoms with Crippen LogP contribution in [0.25, 0.3) is 11.0 Å². The fourth-order valence-electron chi connectivity index (χ4n) is 2.28. The van der Waals surface area contributed by atoms with Crippen LogP contribution in [-0.4, -0.2) is 13.1 Å². The summed E-state index contributed by atoms with van der Waals surface area (Å²) in [5.74, 6) is 2.81. The van der Waals surface area contributed by atoms with Crippen molar-refractivity contribution in [2.75, 3.05) is 13.1 Å². The van der Waals surface area contributed by atoms with Crippen LogP contribution in [0.1, 0.15) is 39.4 Å². The van der Waals surface area contributed by atoms with Gasteiger partial charge in [0.1, 0.15) is 11.3 Å². The van der Waals surface area contributed by atoms with Crippen LogP contribution in [0.3, 0.4) is 0 Å². The highest BCUT2D eigenvalue weighted by Crippen LogP contribution is 2.29. The highest BCUT2D eigenvalue weighted by Gasteiger charge is 2.18. The van der Waals surface area contributed by atoms with E-state index in [-0.39, 0.29) is 0 Å². The van der Waals surface area contributed by atoms with Gasteiger partial charge in [-0.1, -0.05) is 45.9 Å². The third kappa shape index (κ3) is 3.60. The summed E-state index contributed by atoms with van der Waals surface area (Å²) in [5.41, 5.74) is 0.992. The molecular formula is C17H25NO. The molecule has 0 radical (unpaired) electrons. The molecule has 1 N–H and O–H groups in total. The van der Waals surface area contributed by atoms with Gasteiger partial charge in [0.15, 0.2) is 0 Å². The molecule has 1 heterocycles. The highest BCUT2D eigenvalue weighted by molar-refractivity contribution is 5.77. The maximum Gasteiger partial charge on any atom is 0.134 e. The number of benzene rings is 1. The Balaban J connectivity index is 1.99. The lowest BCUT2D eigenvalue weighted by atomic mass is 9.93. The average Bonchev–Trinajstić information content (AvgIpc) is 2.80. The van der Waals surface area contributed by atoms with Crippen molar-refractivity contribution in [3.63, 3.8) is 0 Å². The van der Waals surface area contributed by atoms with E-state index in [1.54, 1.807) is 0 Å². The first kappa shape index (κ1) is 14.1. The second-order valence-electron chi connectivity index (χ2n) is 6.00. The number of furan rings is 1. The molecular weight excluding hydrogens is 234 g/mol. The minimum absolute atomic E-state index is 0.437. The van der Waals surface area contributed by atoms with Crippen molar-refractivity contribution in [1.29, 1.82) is 0 Å². The first-order chi connectivity index (χ1) is 9.08. The van der Waals surface area contributed by atoms with Crippen LogP contribution in [0.4, 0.5) is 0 Å². The molecule has 2 aromatic rings. The van der Waals surface area contributed by atoms with E-state index in [4.69, 9.17) is 4.42 Å². The average molecular weight is 259 g/mol. The molecule has 104 valence electrons. The van der Waals surface area contributed by atoms with Gasteiger partial charge in [-0.05, 0) is 37.1 Å². The van der Waals surface area contributed by atoms with Gasteiger partial charge in [0.25, 0.3) is 0 Å². The van der Waals surface area contributed by atoms with Crippen molar-refractivity contribution in [1.82, 2.24) is 5.32 Å². The van der Waals surface area contributed by atoms with E-state index in [1.807, 2.05) is 12.1 Å². The number of nitrogens with one attached hydrogen (secondary N) is 1. The van der Waals surface area contributed by atoms with E-state index in [0.717, 1.165) is 24.4 Å². The van der Waals surface area contributed by atoms with E-state index < -0.39 is 0 Å². The van der Waals surface area contributed by atoms with E-state index >= 15 is 0 Å². The monoisotopic (exact) mass is 259 g/mol. The number of hydrogen-bond donors (Lipinski definition) is 1. The number of fused-ring (bicyclic) bond motifs is 1. The second kappa shape index (κ2) is 6.25. The lowest BCUT2D eigenvalue weighted by molar-refractivity contribution is 0.383. The Morgan fingerprint density at radius 1 is 1.05 bits per heavy atom. The van der Waals surface area contributed by atoms with Gasteiger partial charge >= 0.3 is 0 Å². The summed E-state index contributed by atoms with van der Waals surface area (Å²) < 4.78 is 5.95. The molecule has 0 spiro atoms. The maximum absolute atomic E-state index is 5.95. The van der Waals surface area contributed by atoms with Crippen LogP contribution in [0.15, 0.2) is 34.7 Å². The highest BCUT2D eigenvalue weighted by atomic mass is 16.3. The summed E-state index contributed by atoms with van der Waals surface area (Å²) in [4.78, 5) is 0. The van der Waals surface area contributed by atoms with E-state index in [0.29, 0.717) is 17.8 Å². The molecule has 0 fully saturated rings. The zero-order valence-corrected chi connectivity index (χ0v) is 12.4. The third-order valence-electron chi connectivity index (χ3n) is 3.77. The number of para-hydroxylation sites is 1. The Labute approximate surface area is 116 Å². The molecule has 2 rings (SSSR count). The zero-order valence-electron chi connectivity index (χ0n) is 12.4. The van der Waals surface area contributed by atoms with E-state index in [9.17, 15) is 0 Å². The Hall–Kier alpha value is -1.28. The van der Waals surface area contributed by atoms with Gasteiger partial charge < -0.3 is 9.73 Å². The van der Waals surface area contributed by atoms with Crippen LogP contribution in [0.2, 0.25) is 0 Å². The van der Waals surface area contributed by atoms with Gasteiger partial charge in [-0.2, -0.15) is 0 Å². The van der Waals surface area contributed by atoms with Gasteiger partial charge in [0.2, 0.25) is 0 Å². The van der Waals surface area contributed by atoms with E-state index in [1.165, 1.54) is 5.39 Å². The van der Waals surface area contributed by atoms with Crippen molar-refractivity contribution >= 4 is 11.0 Å². The zero-order chi connectivity index (χ0) is 13.8. The van der Waals surface area contributed by atoms with Crippen LogP contribution >= 0.6 is 0 Å². The minimum atomic E-state index is 0.437. The summed E-state index contributed by atoms with van der Waals surface area (Å²) in [5, 5.41) is 4.73. The molecule has 2 unspecified atom stereocenters. The molecule has 0 aliphatic rings. The lowest BCUT2D eigenvalue weighted by Gasteiger charge is -2.19. The van der Waals surface area contributed by atoms with Crippen molar-refractivity contribution < 1.29 is 4.42 Å². The van der Waals surface area contributed by atoms with Gasteiger partial charge in [-0.3, -0.25) is 0 Å². The SMILES string of the molecule is CC(C)CNCC(C)C(C)c1cc2ccccc2o1. The first-order valence-electron chi connectivity index (χ1n) is 7.27. The quantitative estimate of drug-likeness (QED) is 0.830. The smallest absolute Gasteiger partial charge is 0.134 e. The van der Waals surface area contributed by atoms with Crippen molar-refractivity contribution in [3.8, 4) is 0 Å². The van der Waals surface area contributed by atoms with Crippen molar-refractivity contribution in [3.05, 3.63) is 36.1 Å². The number of hydrogen-bond acceptors (Lipinski definition) is 2. The molecule has 2 heteroatoms. The minimum Gasteiger partial charge on any atom is -0.461 e. The molecule has 0 amide bonds. The first-order valence-corrected chi connectivity index (χ1v) is 7.27. The summed E-state index contributed by atoms with van der Waals surface area (Å²) in [6.07, 6.45) is 0. The fourth-order valence-corrected chi connectivity index (χ4v) is 2.28. The molecule has 2 nitrogen and oxygen atoms in total. The van der Waals surface area contributed by atoms with Gasteiger partial charge in [0.05, 0.1) is 0 Å². The molecule has 0 aliphatic heterocycles. The summed E-state index contributed by atoms with van der Waals surface area (Å²) >= 11 is 0. The molecule has 1 aromatic carbocycles. The third-order valence-corrected chi connectivity index (χ3v) is 3.77. The van der Waals surface area contributed by atoms with Crippen LogP contribution < -0.4 is 5.32 Å². The number of rotatable bonds is 6. The van der Waals surface area contributed by atoms with Crippen LogP contribution in [-0.2, 0) is 0 Å². The maximum atomic E-state index is 5.95. The Bertz CT molecular complexity index is 482. The Kier molecular flexibility index (Phi) is 4.65. The van der Waals surface area contributed by atoms with Gasteiger partial charge in [0, 0.05) is 11.3 Å². The van der Waals surface area contributed by atoms with E-state index in [2.05, 4.69) is 51.2 Å². The summed E-state index contributed by atoms with van der Waals surface area (Å²) in [7, 11) is 0. The topological polar surface area (TPSA) is 25.2 Å². The Morgan fingerprint density at radius 2 is 1.79 bits per heavy atom. The van der Waals surface area contributed by atoms with Crippen molar-refractivity contribution in [2.45, 2.75) is 33.6 Å². The fraction of sp³-hybridized carbons (Fsp3) is 0.529. The normalized spacial score (nSPS) is 15.0. The summed E-state index contributed by atoms with van der Waals surface area (Å²) in [6.45, 7) is 11.1. The molecule has 2 atom stereocenters. The molecule has 0 aliphatic carbocycles. The van der Waals surface area contributed by atoms with Crippen LogP contribution in [0, 0.1) is 11.8 Å². The molecule has 0 saturated heterocycles. The van der Waals surface area contributed by atoms with Gasteiger partial charge in [-0.15, -0.1) is 0 Å². The summed E-state index contributed by atoms with van der Waals surface area (Å²) in [6, 6.07) is 10.4. The predicted molar refractivity (Wildman–Crippen MR) is 81.5 cm³/mol. The molecule has 0 bridgehead atoms. The van der Waals surface area contributed by atoms with Crippen LogP contribution in [0.5, 0.6) is 0 Å². The molecule has 1 aromatic heterocycles. The Morgan fingerprint density at radius 3 is 2.47 bits per heavy atom. The standard InChI is InChI=1S/C17H25NO/c1-12(2)10-18-11-13(3)14(4)17-9-15-7-5-6-8-16(15)19-17/h5-9,12-14,18H,10-11H2,1-4H3. The second-order valence-corrected chi connectivity index (χ2v) is 6.00. The largest absolute Gasteiger partial charge is 0.461 e. The van der Waals surface area contributed by atoms with Gasteiger partial charge in [-0.25, -0.2) is 0 Å². The molecule has 19 heavy (non-hydrogen) atoms.